The third kappa shape index (κ3) is 4.98. The first kappa shape index (κ1) is 17.8. The normalized spacial score (nSPS) is 12.6. The van der Waals surface area contributed by atoms with Crippen molar-refractivity contribution >= 4 is 33.4 Å². The molecule has 0 heterocycles. The molecule has 2 aromatic rings. The number of sulfonamides is 1. The topological polar surface area (TPSA) is 70.0 Å². The number of benzene rings is 2. The summed E-state index contributed by atoms with van der Waals surface area (Å²) in [5, 5.41) is 11.2. The number of hydrogen-bond donors (Lipinski definition) is 1. The van der Waals surface area contributed by atoms with Crippen LogP contribution in [0.1, 0.15) is 16.4 Å². The van der Waals surface area contributed by atoms with E-state index in [9.17, 15) is 8.42 Å². The van der Waals surface area contributed by atoms with E-state index in [1.54, 1.807) is 48.5 Å². The maximum atomic E-state index is 12.3. The highest BCUT2D eigenvalue weighted by molar-refractivity contribution is 8.04. The third-order valence-electron chi connectivity index (χ3n) is 3.23. The van der Waals surface area contributed by atoms with Crippen LogP contribution in [-0.4, -0.2) is 15.0 Å². The van der Waals surface area contributed by atoms with E-state index in [0.29, 0.717) is 5.02 Å². The summed E-state index contributed by atoms with van der Waals surface area (Å²) in [4.78, 5) is 0.208. The van der Waals surface area contributed by atoms with E-state index in [-0.39, 0.29) is 16.7 Å². The van der Waals surface area contributed by atoms with Gasteiger partial charge in [0.15, 0.2) is 0 Å². The molecule has 0 bridgehead atoms. The number of nitrogens with zero attached hydrogens (tertiary/aromatic N) is 1. The SMILES string of the molecule is Cc1ccc(S(=O)(=O)NCC(SC#N)c2ccc(Cl)cc2)cc1. The molecule has 0 aromatic heterocycles. The third-order valence-corrected chi connectivity index (χ3v) is 5.75. The average molecular weight is 367 g/mol. The van der Waals surface area contributed by atoms with Crippen molar-refractivity contribution in [2.24, 2.45) is 0 Å². The van der Waals surface area contributed by atoms with E-state index in [0.717, 1.165) is 22.9 Å². The monoisotopic (exact) mass is 366 g/mol. The highest BCUT2D eigenvalue weighted by atomic mass is 35.5. The van der Waals surface area contributed by atoms with Crippen LogP contribution in [0.5, 0.6) is 0 Å². The van der Waals surface area contributed by atoms with Gasteiger partial charge in [-0.3, -0.25) is 0 Å². The van der Waals surface area contributed by atoms with Gasteiger partial charge in [0.05, 0.1) is 10.1 Å². The Kier molecular flexibility index (Phi) is 6.08. The van der Waals surface area contributed by atoms with Gasteiger partial charge in [0.1, 0.15) is 5.40 Å². The van der Waals surface area contributed by atoms with Crippen LogP contribution in [0.25, 0.3) is 0 Å². The Bertz CT molecular complexity index is 797. The fourth-order valence-corrected chi connectivity index (χ4v) is 3.82. The smallest absolute Gasteiger partial charge is 0.210 e. The summed E-state index contributed by atoms with van der Waals surface area (Å²) in [5.74, 6) is 0. The minimum Gasteiger partial charge on any atom is -0.210 e. The molecule has 0 aliphatic carbocycles. The van der Waals surface area contributed by atoms with E-state index < -0.39 is 10.0 Å². The fraction of sp³-hybridized carbons (Fsp3) is 0.188. The summed E-state index contributed by atoms with van der Waals surface area (Å²) in [6.07, 6.45) is 0. The molecule has 23 heavy (non-hydrogen) atoms. The molecule has 4 nitrogen and oxygen atoms in total. The average Bonchev–Trinajstić information content (AvgIpc) is 2.53. The van der Waals surface area contributed by atoms with Gasteiger partial charge in [0.25, 0.3) is 0 Å². The van der Waals surface area contributed by atoms with Crippen molar-refractivity contribution < 1.29 is 8.42 Å². The van der Waals surface area contributed by atoms with Crippen molar-refractivity contribution in [3.8, 4) is 5.40 Å². The molecule has 0 saturated heterocycles. The summed E-state index contributed by atoms with van der Waals surface area (Å²) in [6.45, 7) is 2.01. The molecule has 1 unspecified atom stereocenters. The minimum absolute atomic E-state index is 0.121. The van der Waals surface area contributed by atoms with Gasteiger partial charge in [-0.25, -0.2) is 13.1 Å². The van der Waals surface area contributed by atoms with Gasteiger partial charge < -0.3 is 0 Å². The molecule has 0 aliphatic rings. The van der Waals surface area contributed by atoms with Crippen LogP contribution >= 0.6 is 23.4 Å². The molecule has 0 spiro atoms. The number of thioether (sulfide) groups is 1. The molecular formula is C16H15ClN2O2S2. The highest BCUT2D eigenvalue weighted by Gasteiger charge is 2.18. The zero-order valence-electron chi connectivity index (χ0n) is 12.4. The number of rotatable bonds is 6. The molecule has 7 heteroatoms. The van der Waals surface area contributed by atoms with Crippen molar-refractivity contribution in [1.82, 2.24) is 4.72 Å². The van der Waals surface area contributed by atoms with Gasteiger partial charge in [-0.15, -0.1) is 0 Å². The van der Waals surface area contributed by atoms with Gasteiger partial charge in [-0.05, 0) is 48.5 Å². The lowest BCUT2D eigenvalue weighted by Crippen LogP contribution is -2.27. The molecule has 0 fully saturated rings. The van der Waals surface area contributed by atoms with E-state index in [1.807, 2.05) is 12.3 Å². The second kappa shape index (κ2) is 7.84. The standard InChI is InChI=1S/C16H15ClN2O2S2/c1-12-2-8-15(9-3-12)23(20,21)19-10-16(22-11-18)13-4-6-14(17)7-5-13/h2-9,16,19H,10H2,1H3. The predicted molar refractivity (Wildman–Crippen MR) is 93.8 cm³/mol. The van der Waals surface area contributed by atoms with Gasteiger partial charge in [-0.1, -0.05) is 41.4 Å². The van der Waals surface area contributed by atoms with E-state index in [2.05, 4.69) is 4.72 Å². The Hall–Kier alpha value is -1.52. The van der Waals surface area contributed by atoms with Crippen LogP contribution in [0, 0.1) is 17.6 Å². The van der Waals surface area contributed by atoms with E-state index in [4.69, 9.17) is 16.9 Å². The predicted octanol–water partition coefficient (Wildman–Crippen LogP) is 3.88. The largest absolute Gasteiger partial charge is 0.240 e. The van der Waals surface area contributed by atoms with Crippen LogP contribution in [-0.2, 0) is 10.0 Å². The van der Waals surface area contributed by atoms with Crippen molar-refractivity contribution in [2.75, 3.05) is 6.54 Å². The number of aryl methyl sites for hydroxylation is 1. The molecule has 1 N–H and O–H groups in total. The van der Waals surface area contributed by atoms with Crippen LogP contribution in [0.2, 0.25) is 5.02 Å². The van der Waals surface area contributed by atoms with Crippen molar-refractivity contribution in [1.29, 1.82) is 5.26 Å². The quantitative estimate of drug-likeness (QED) is 0.787. The number of halogens is 1. The molecule has 2 aromatic carbocycles. The Balaban J connectivity index is 2.13. The zero-order valence-corrected chi connectivity index (χ0v) is 14.8. The lowest BCUT2D eigenvalue weighted by Gasteiger charge is -2.15. The molecule has 0 aliphatic heterocycles. The minimum atomic E-state index is -3.61. The maximum Gasteiger partial charge on any atom is 0.240 e. The molecule has 120 valence electrons. The van der Waals surface area contributed by atoms with Crippen molar-refractivity contribution in [3.05, 3.63) is 64.7 Å². The Morgan fingerprint density at radius 2 is 1.78 bits per heavy atom. The molecule has 0 radical (unpaired) electrons. The first-order valence-electron chi connectivity index (χ1n) is 6.79. The summed E-state index contributed by atoms with van der Waals surface area (Å²) in [5.41, 5.74) is 1.83. The van der Waals surface area contributed by atoms with Gasteiger partial charge >= 0.3 is 0 Å². The first-order chi connectivity index (χ1) is 10.9. The lowest BCUT2D eigenvalue weighted by atomic mass is 10.1. The number of nitriles is 1. The molecular weight excluding hydrogens is 352 g/mol. The molecule has 0 amide bonds. The van der Waals surface area contributed by atoms with Crippen LogP contribution in [0.4, 0.5) is 0 Å². The Morgan fingerprint density at radius 1 is 1.17 bits per heavy atom. The fourth-order valence-electron chi connectivity index (χ4n) is 1.95. The number of thiocyanates is 1. The van der Waals surface area contributed by atoms with Crippen LogP contribution in [0.15, 0.2) is 53.4 Å². The maximum absolute atomic E-state index is 12.3. The first-order valence-corrected chi connectivity index (χ1v) is 9.53. The summed E-state index contributed by atoms with van der Waals surface area (Å²) in [6, 6.07) is 13.6. The van der Waals surface area contributed by atoms with Crippen molar-refractivity contribution in [3.63, 3.8) is 0 Å². The van der Waals surface area contributed by atoms with E-state index in [1.165, 1.54) is 0 Å². The highest BCUT2D eigenvalue weighted by Crippen LogP contribution is 2.28. The number of nitrogens with one attached hydrogen (secondary N) is 1. The van der Waals surface area contributed by atoms with Gasteiger partial charge in [0, 0.05) is 11.6 Å². The van der Waals surface area contributed by atoms with Crippen LogP contribution in [0.3, 0.4) is 0 Å². The molecule has 1 atom stereocenters. The Morgan fingerprint density at radius 3 is 2.35 bits per heavy atom. The Labute approximate surface area is 145 Å². The summed E-state index contributed by atoms with van der Waals surface area (Å²) < 4.78 is 27.2. The van der Waals surface area contributed by atoms with E-state index >= 15 is 0 Å². The molecule has 0 saturated carbocycles. The second-order valence-electron chi connectivity index (χ2n) is 4.91. The lowest BCUT2D eigenvalue weighted by molar-refractivity contribution is 0.581. The summed E-state index contributed by atoms with van der Waals surface area (Å²) >= 11 is 6.86. The van der Waals surface area contributed by atoms with Gasteiger partial charge in [-0.2, -0.15) is 5.26 Å². The zero-order chi connectivity index (χ0) is 16.9. The number of hydrogen-bond acceptors (Lipinski definition) is 4. The van der Waals surface area contributed by atoms with Gasteiger partial charge in [0.2, 0.25) is 10.0 Å². The van der Waals surface area contributed by atoms with Crippen LogP contribution < -0.4 is 4.72 Å². The van der Waals surface area contributed by atoms with Crippen molar-refractivity contribution in [2.45, 2.75) is 17.1 Å². The molecule has 2 rings (SSSR count). The summed E-state index contributed by atoms with van der Waals surface area (Å²) in [7, 11) is -3.61. The second-order valence-corrected chi connectivity index (χ2v) is 8.10.